The molecule has 0 aliphatic rings. The molecular formula is C8H21NaO8P2. The van der Waals surface area contributed by atoms with Crippen LogP contribution in [0.15, 0.2) is 0 Å². The zero-order valence-corrected chi connectivity index (χ0v) is 15.1. The molecule has 0 aliphatic carbocycles. The molecule has 0 saturated carbocycles. The third kappa shape index (κ3) is 45.3. The van der Waals surface area contributed by atoms with Crippen LogP contribution >= 0.6 is 15.6 Å². The minimum atomic E-state index is -4.89. The Hall–Kier alpha value is 1.22. The number of hydrogen-bond acceptors (Lipinski definition) is 4. The molecule has 0 spiro atoms. The molecule has 0 bridgehead atoms. The molecule has 0 atom stereocenters. The maximum atomic E-state index is 10.2. The van der Waals surface area contributed by atoms with E-state index in [2.05, 4.69) is 11.4 Å². The van der Waals surface area contributed by atoms with Crippen molar-refractivity contribution in [3.05, 3.63) is 0 Å². The normalized spacial score (nSPS) is 11.3. The molecule has 4 N–H and O–H groups in total. The van der Waals surface area contributed by atoms with Crippen LogP contribution in [0.3, 0.4) is 0 Å². The molecule has 0 radical (unpaired) electrons. The van der Waals surface area contributed by atoms with Crippen LogP contribution in [0.5, 0.6) is 0 Å². The van der Waals surface area contributed by atoms with Crippen LogP contribution in [0.4, 0.5) is 0 Å². The van der Waals surface area contributed by atoms with Crippen LogP contribution in [0.2, 0.25) is 0 Å². The minimum Gasteiger partial charge on any atom is -0.756 e. The second kappa shape index (κ2) is 14.2. The van der Waals surface area contributed by atoms with E-state index in [0.29, 0.717) is 0 Å². The molecule has 0 unspecified atom stereocenters. The second-order valence-electron chi connectivity index (χ2n) is 3.58. The molecule has 112 valence electrons. The van der Waals surface area contributed by atoms with Gasteiger partial charge in [0.1, 0.15) is 0 Å². The van der Waals surface area contributed by atoms with E-state index in [4.69, 9.17) is 29.0 Å². The maximum Gasteiger partial charge on any atom is 1.00 e. The Morgan fingerprint density at radius 3 is 1.68 bits per heavy atom. The van der Waals surface area contributed by atoms with Crippen LogP contribution < -0.4 is 34.5 Å². The molecule has 19 heavy (non-hydrogen) atoms. The van der Waals surface area contributed by atoms with Crippen LogP contribution in [0.1, 0.15) is 45.4 Å². The predicted molar refractivity (Wildman–Crippen MR) is 63.4 cm³/mol. The van der Waals surface area contributed by atoms with E-state index >= 15 is 0 Å². The molecule has 11 heteroatoms. The maximum absolute atomic E-state index is 10.2. The fourth-order valence-electron chi connectivity index (χ4n) is 1.07. The van der Waals surface area contributed by atoms with Gasteiger partial charge in [-0.3, -0.25) is 9.09 Å². The largest absolute Gasteiger partial charge is 1.00 e. The monoisotopic (exact) mass is 330 g/mol. The average molecular weight is 330 g/mol. The molecule has 0 aromatic carbocycles. The summed E-state index contributed by atoms with van der Waals surface area (Å²) in [5.74, 6) is 0. The first-order chi connectivity index (χ1) is 8.06. The Morgan fingerprint density at radius 1 is 0.947 bits per heavy atom. The molecule has 0 aliphatic heterocycles. The first kappa shape index (κ1) is 25.2. The summed E-state index contributed by atoms with van der Waals surface area (Å²) in [4.78, 5) is 39.6. The van der Waals surface area contributed by atoms with E-state index in [0.717, 1.165) is 19.3 Å². The summed E-state index contributed by atoms with van der Waals surface area (Å²) in [5.41, 5.74) is 0. The third-order valence-electron chi connectivity index (χ3n) is 1.76. The van der Waals surface area contributed by atoms with Gasteiger partial charge in [-0.15, -0.1) is 0 Å². The summed E-state index contributed by atoms with van der Waals surface area (Å²) < 4.78 is 23.3. The van der Waals surface area contributed by atoms with Gasteiger partial charge in [-0.2, -0.15) is 0 Å². The van der Waals surface area contributed by atoms with Crippen molar-refractivity contribution in [1.82, 2.24) is 0 Å². The molecule has 0 fully saturated rings. The van der Waals surface area contributed by atoms with Crippen molar-refractivity contribution < 1.29 is 67.7 Å². The van der Waals surface area contributed by atoms with Gasteiger partial charge < -0.3 is 24.5 Å². The number of hydrogen-bond donors (Lipinski definition) is 4. The Morgan fingerprint density at radius 2 is 1.32 bits per heavy atom. The van der Waals surface area contributed by atoms with Gasteiger partial charge in [-0.25, -0.2) is 4.57 Å². The van der Waals surface area contributed by atoms with E-state index in [1.807, 2.05) is 0 Å². The number of unbranched alkanes of at least 4 members (excludes halogenated alkanes) is 5. The van der Waals surface area contributed by atoms with Crippen molar-refractivity contribution in [3.63, 3.8) is 0 Å². The van der Waals surface area contributed by atoms with Crippen molar-refractivity contribution in [1.29, 1.82) is 0 Å². The van der Waals surface area contributed by atoms with Crippen molar-refractivity contribution in [3.8, 4) is 0 Å². The van der Waals surface area contributed by atoms with E-state index in [-0.39, 0.29) is 36.2 Å². The van der Waals surface area contributed by atoms with E-state index in [1.165, 1.54) is 19.3 Å². The molecule has 0 amide bonds. The standard InChI is InChI=1S/C8H19O4P.Na.H3O4P/c1-2-3-4-5-6-7-8-12-13(9,10)11;;1-5(2,3)4/h2-8H2,1H3,(H2,9,10,11);;(H3,1,2,3,4)/q;+1;/p-1. The quantitative estimate of drug-likeness (QED) is 0.225. The summed E-state index contributed by atoms with van der Waals surface area (Å²) >= 11 is 0. The van der Waals surface area contributed by atoms with Gasteiger partial charge >= 0.3 is 37.4 Å². The van der Waals surface area contributed by atoms with Crippen LogP contribution in [0, 0.1) is 0 Å². The van der Waals surface area contributed by atoms with Gasteiger partial charge in [0, 0.05) is 0 Å². The summed E-state index contributed by atoms with van der Waals surface area (Å²) in [7, 11) is -9.12. The summed E-state index contributed by atoms with van der Waals surface area (Å²) in [6.07, 6.45) is 6.48. The van der Waals surface area contributed by atoms with Gasteiger partial charge in [-0.05, 0) is 6.42 Å². The van der Waals surface area contributed by atoms with Crippen molar-refractivity contribution in [2.75, 3.05) is 6.61 Å². The van der Waals surface area contributed by atoms with Gasteiger partial charge in [0.05, 0.1) is 6.61 Å². The zero-order chi connectivity index (χ0) is 14.7. The number of phosphoric ester groups is 1. The van der Waals surface area contributed by atoms with E-state index in [1.54, 1.807) is 0 Å². The van der Waals surface area contributed by atoms with E-state index < -0.39 is 15.6 Å². The Labute approximate surface area is 135 Å². The van der Waals surface area contributed by atoms with Crippen molar-refractivity contribution >= 4 is 15.6 Å². The molecule has 0 heterocycles. The second-order valence-corrected chi connectivity index (χ2v) is 5.80. The van der Waals surface area contributed by atoms with Crippen molar-refractivity contribution in [2.45, 2.75) is 45.4 Å². The third-order valence-corrected chi connectivity index (χ3v) is 2.28. The van der Waals surface area contributed by atoms with Crippen LogP contribution in [-0.4, -0.2) is 26.2 Å². The molecule has 0 aromatic heterocycles. The summed E-state index contributed by atoms with van der Waals surface area (Å²) in [6, 6.07) is 0. The molecule has 0 saturated heterocycles. The van der Waals surface area contributed by atoms with Crippen LogP contribution in [0.25, 0.3) is 0 Å². The topological polar surface area (TPSA) is 147 Å². The number of rotatable bonds is 8. The van der Waals surface area contributed by atoms with Crippen molar-refractivity contribution in [2.24, 2.45) is 0 Å². The fraction of sp³-hybridized carbons (Fsp3) is 1.00. The first-order valence-corrected chi connectivity index (χ1v) is 8.59. The first-order valence-electron chi connectivity index (χ1n) is 5.53. The molecule has 8 nitrogen and oxygen atoms in total. The molecular weight excluding hydrogens is 309 g/mol. The summed E-state index contributed by atoms with van der Waals surface area (Å²) in [5, 5.41) is 0. The van der Waals surface area contributed by atoms with Gasteiger partial charge in [-0.1, -0.05) is 39.0 Å². The molecule has 0 rings (SSSR count). The van der Waals surface area contributed by atoms with Gasteiger partial charge in [0.25, 0.3) is 7.82 Å². The SMILES string of the molecule is CCCCCCCCOP(=O)(O)O.O=P([O-])(O)O.[Na+]. The fourth-order valence-corrected chi connectivity index (χ4v) is 1.43. The van der Waals surface area contributed by atoms with Gasteiger partial charge in [0.15, 0.2) is 0 Å². The zero-order valence-electron chi connectivity index (χ0n) is 11.3. The Bertz CT molecular complexity index is 268. The summed E-state index contributed by atoms with van der Waals surface area (Å²) in [6.45, 7) is 2.31. The Kier molecular flexibility index (Phi) is 18.8. The van der Waals surface area contributed by atoms with Crippen LogP contribution in [-0.2, 0) is 13.7 Å². The average Bonchev–Trinajstić information content (AvgIpc) is 2.12. The predicted octanol–water partition coefficient (Wildman–Crippen LogP) is -2.10. The molecule has 0 aromatic rings. The number of phosphoric acid groups is 2. The smallest absolute Gasteiger partial charge is 0.756 e. The Balaban J connectivity index is -0.000000366. The van der Waals surface area contributed by atoms with Gasteiger partial charge in [0.2, 0.25) is 0 Å². The van der Waals surface area contributed by atoms with E-state index in [9.17, 15) is 4.57 Å². The minimum absolute atomic E-state index is 0.